The Balaban J connectivity index is 3.23. The van der Waals surface area contributed by atoms with Gasteiger partial charge in [-0.15, -0.1) is 0 Å². The molecule has 0 aliphatic carbocycles. The Morgan fingerprint density at radius 1 is 1.70 bits per heavy atom. The van der Waals surface area contributed by atoms with Gasteiger partial charge in [0, 0.05) is 6.20 Å². The van der Waals surface area contributed by atoms with E-state index in [-0.39, 0.29) is 5.69 Å². The van der Waals surface area contributed by atoms with Crippen LogP contribution in [0.3, 0.4) is 0 Å². The van der Waals surface area contributed by atoms with Crippen LogP contribution in [0.1, 0.15) is 16.1 Å². The monoisotopic (exact) mass is 141 g/mol. The predicted molar refractivity (Wildman–Crippen MR) is 33.3 cm³/mol. The number of hydrogen-bond acceptors (Lipinski definition) is 2. The van der Waals surface area contributed by atoms with Crippen LogP contribution in [-0.2, 0) is 0 Å². The molecule has 0 spiro atoms. The van der Waals surface area contributed by atoms with Gasteiger partial charge in [0.15, 0.2) is 5.69 Å². The molecular formula is C6H7NO3. The van der Waals surface area contributed by atoms with Crippen LogP contribution in [0.2, 0.25) is 0 Å². The lowest BCUT2D eigenvalue weighted by Crippen LogP contribution is -2.05. The number of nitrogens with zero attached hydrogens (tertiary/aromatic N) is 1. The lowest BCUT2D eigenvalue weighted by molar-refractivity contribution is 0.0643. The smallest absolute Gasteiger partial charge is 0.356 e. The van der Waals surface area contributed by atoms with E-state index in [0.717, 1.165) is 0 Å². The molecule has 4 nitrogen and oxygen atoms in total. The molecule has 0 fully saturated rings. The van der Waals surface area contributed by atoms with Gasteiger partial charge in [-0.2, -0.15) is 4.73 Å². The van der Waals surface area contributed by atoms with Crippen molar-refractivity contribution in [3.05, 3.63) is 23.5 Å². The van der Waals surface area contributed by atoms with E-state index in [0.29, 0.717) is 10.3 Å². The standard InChI is InChI=1S/C6H7NO3/c1-4-2-3-7(10)5(4)6(8)9/h2-3,10H,1H3,(H,8,9). The normalized spacial score (nSPS) is 9.70. The van der Waals surface area contributed by atoms with Crippen molar-refractivity contribution in [3.63, 3.8) is 0 Å². The molecule has 54 valence electrons. The zero-order valence-electron chi connectivity index (χ0n) is 5.40. The number of aromatic nitrogens is 1. The highest BCUT2D eigenvalue weighted by Crippen LogP contribution is 2.06. The molecule has 0 radical (unpaired) electrons. The average Bonchev–Trinajstić information content (AvgIpc) is 2.11. The van der Waals surface area contributed by atoms with Crippen molar-refractivity contribution in [2.75, 3.05) is 0 Å². The van der Waals surface area contributed by atoms with Crippen molar-refractivity contribution < 1.29 is 15.1 Å². The highest BCUT2D eigenvalue weighted by atomic mass is 16.5. The van der Waals surface area contributed by atoms with Crippen molar-refractivity contribution in [2.24, 2.45) is 0 Å². The molecule has 0 atom stereocenters. The fourth-order valence-corrected chi connectivity index (χ4v) is 0.783. The molecule has 1 aromatic rings. The van der Waals surface area contributed by atoms with Gasteiger partial charge in [0.2, 0.25) is 0 Å². The first-order chi connectivity index (χ1) is 4.63. The van der Waals surface area contributed by atoms with E-state index in [1.54, 1.807) is 6.92 Å². The molecule has 1 heterocycles. The molecule has 0 aliphatic heterocycles. The second-order valence-electron chi connectivity index (χ2n) is 2.00. The predicted octanol–water partition coefficient (Wildman–Crippen LogP) is 0.732. The maximum absolute atomic E-state index is 10.3. The first kappa shape index (κ1) is 6.67. The van der Waals surface area contributed by atoms with E-state index in [1.165, 1.54) is 12.3 Å². The maximum Gasteiger partial charge on any atom is 0.356 e. The lowest BCUT2D eigenvalue weighted by atomic mass is 10.3. The third-order valence-corrected chi connectivity index (χ3v) is 1.27. The highest BCUT2D eigenvalue weighted by Gasteiger charge is 2.11. The van der Waals surface area contributed by atoms with Gasteiger partial charge in [-0.05, 0) is 18.6 Å². The Morgan fingerprint density at radius 2 is 2.30 bits per heavy atom. The summed E-state index contributed by atoms with van der Waals surface area (Å²) in [4.78, 5) is 10.3. The Bertz CT molecular complexity index is 244. The molecule has 0 aliphatic rings. The van der Waals surface area contributed by atoms with Gasteiger partial charge in [0.25, 0.3) is 0 Å². The van der Waals surface area contributed by atoms with E-state index in [4.69, 9.17) is 10.3 Å². The van der Waals surface area contributed by atoms with Crippen molar-refractivity contribution in [1.82, 2.24) is 4.73 Å². The molecule has 2 N–H and O–H groups in total. The third kappa shape index (κ3) is 0.834. The number of rotatable bonds is 1. The summed E-state index contributed by atoms with van der Waals surface area (Å²) >= 11 is 0. The number of aromatic carboxylic acids is 1. The Morgan fingerprint density at radius 3 is 2.50 bits per heavy atom. The van der Waals surface area contributed by atoms with Crippen LogP contribution in [0.5, 0.6) is 0 Å². The topological polar surface area (TPSA) is 62.5 Å². The van der Waals surface area contributed by atoms with E-state index in [9.17, 15) is 4.79 Å². The number of carboxylic acids is 1. The largest absolute Gasteiger partial charge is 0.476 e. The van der Waals surface area contributed by atoms with Crippen LogP contribution in [-0.4, -0.2) is 21.0 Å². The Hall–Kier alpha value is -1.45. The SMILES string of the molecule is Cc1ccn(O)c1C(=O)O. The number of carbonyl (C=O) groups is 1. The fraction of sp³-hybridized carbons (Fsp3) is 0.167. The molecule has 1 aromatic heterocycles. The number of carboxylic acid groups (broad SMARTS) is 1. The van der Waals surface area contributed by atoms with Gasteiger partial charge in [-0.25, -0.2) is 4.79 Å². The summed E-state index contributed by atoms with van der Waals surface area (Å²) in [6.45, 7) is 1.62. The summed E-state index contributed by atoms with van der Waals surface area (Å²) in [7, 11) is 0. The first-order valence-electron chi connectivity index (χ1n) is 2.73. The summed E-state index contributed by atoms with van der Waals surface area (Å²) in [6.07, 6.45) is 1.29. The van der Waals surface area contributed by atoms with Crippen LogP contribution in [0.15, 0.2) is 12.3 Å². The lowest BCUT2D eigenvalue weighted by Gasteiger charge is -1.94. The van der Waals surface area contributed by atoms with E-state index in [2.05, 4.69) is 0 Å². The Kier molecular flexibility index (Phi) is 1.37. The van der Waals surface area contributed by atoms with Crippen molar-refractivity contribution in [1.29, 1.82) is 0 Å². The average molecular weight is 141 g/mol. The van der Waals surface area contributed by atoms with Crippen molar-refractivity contribution in [3.8, 4) is 0 Å². The van der Waals surface area contributed by atoms with Gasteiger partial charge in [0.05, 0.1) is 0 Å². The van der Waals surface area contributed by atoms with Crippen LogP contribution in [0.25, 0.3) is 0 Å². The summed E-state index contributed by atoms with van der Waals surface area (Å²) in [5, 5.41) is 17.3. The van der Waals surface area contributed by atoms with Crippen LogP contribution in [0, 0.1) is 6.92 Å². The molecular weight excluding hydrogens is 134 g/mol. The van der Waals surface area contributed by atoms with Gasteiger partial charge >= 0.3 is 5.97 Å². The summed E-state index contributed by atoms with van der Waals surface area (Å²) < 4.78 is 0.595. The molecule has 0 aromatic carbocycles. The third-order valence-electron chi connectivity index (χ3n) is 1.27. The summed E-state index contributed by atoms with van der Waals surface area (Å²) in [5.74, 6) is -1.12. The first-order valence-corrected chi connectivity index (χ1v) is 2.73. The van der Waals surface area contributed by atoms with Gasteiger partial charge in [0.1, 0.15) is 0 Å². The molecule has 0 amide bonds. The minimum absolute atomic E-state index is 0.0833. The summed E-state index contributed by atoms with van der Waals surface area (Å²) in [6, 6.07) is 1.53. The van der Waals surface area contributed by atoms with Crippen molar-refractivity contribution in [2.45, 2.75) is 6.92 Å². The zero-order valence-corrected chi connectivity index (χ0v) is 5.40. The number of aryl methyl sites for hydroxylation is 1. The van der Waals surface area contributed by atoms with E-state index < -0.39 is 5.97 Å². The highest BCUT2D eigenvalue weighted by molar-refractivity contribution is 5.87. The molecule has 1 rings (SSSR count). The van der Waals surface area contributed by atoms with Crippen LogP contribution in [0.4, 0.5) is 0 Å². The van der Waals surface area contributed by atoms with Gasteiger partial charge in [-0.3, -0.25) is 0 Å². The maximum atomic E-state index is 10.3. The molecule has 0 bridgehead atoms. The minimum Gasteiger partial charge on any atom is -0.476 e. The van der Waals surface area contributed by atoms with Crippen LogP contribution < -0.4 is 0 Å². The van der Waals surface area contributed by atoms with Crippen LogP contribution >= 0.6 is 0 Å². The molecule has 10 heavy (non-hydrogen) atoms. The molecule has 0 saturated heterocycles. The van der Waals surface area contributed by atoms with E-state index in [1.807, 2.05) is 0 Å². The second-order valence-corrected chi connectivity index (χ2v) is 2.00. The van der Waals surface area contributed by atoms with Gasteiger partial charge < -0.3 is 10.3 Å². The van der Waals surface area contributed by atoms with E-state index >= 15 is 0 Å². The zero-order chi connectivity index (χ0) is 7.72. The Labute approximate surface area is 57.3 Å². The molecule has 4 heteroatoms. The fourth-order valence-electron chi connectivity index (χ4n) is 0.783. The van der Waals surface area contributed by atoms with Crippen molar-refractivity contribution >= 4 is 5.97 Å². The molecule has 0 unspecified atom stereocenters. The number of hydrogen-bond donors (Lipinski definition) is 2. The summed E-state index contributed by atoms with van der Waals surface area (Å²) in [5.41, 5.74) is 0.468. The minimum atomic E-state index is -1.12. The quantitative estimate of drug-likeness (QED) is 0.567. The van der Waals surface area contributed by atoms with Gasteiger partial charge in [-0.1, -0.05) is 0 Å². The second kappa shape index (κ2) is 2.06. The molecule has 0 saturated carbocycles.